The quantitative estimate of drug-likeness (QED) is 0.721. The molecule has 17 heavy (non-hydrogen) atoms. The summed E-state index contributed by atoms with van der Waals surface area (Å²) in [6.07, 6.45) is 8.26. The molecule has 0 atom stereocenters. The fourth-order valence-corrected chi connectivity index (χ4v) is 1.84. The molecule has 1 aliphatic rings. The first kappa shape index (κ1) is 11.5. The maximum atomic E-state index is 4.05. The minimum absolute atomic E-state index is 1.00. The Balaban J connectivity index is 2.28. The molecular formula is C16H17N. The molecule has 0 spiro atoms. The van der Waals surface area contributed by atoms with Gasteiger partial charge in [-0.15, -0.1) is 0 Å². The third-order valence-corrected chi connectivity index (χ3v) is 2.87. The number of rotatable bonds is 2. The Morgan fingerprint density at radius 1 is 1.24 bits per heavy atom. The second-order valence-corrected chi connectivity index (χ2v) is 4.21. The predicted octanol–water partition coefficient (Wildman–Crippen LogP) is 4.34. The van der Waals surface area contributed by atoms with Crippen molar-refractivity contribution in [3.05, 3.63) is 78.3 Å². The number of allylic oxidation sites excluding steroid dienone is 5. The summed E-state index contributed by atoms with van der Waals surface area (Å²) in [5, 5.41) is 0. The molecule has 0 N–H and O–H groups in total. The van der Waals surface area contributed by atoms with Crippen LogP contribution in [0.15, 0.2) is 72.7 Å². The molecule has 0 aromatic heterocycles. The van der Waals surface area contributed by atoms with Crippen LogP contribution in [0.3, 0.4) is 0 Å². The van der Waals surface area contributed by atoms with E-state index < -0.39 is 0 Å². The minimum atomic E-state index is 1.00. The van der Waals surface area contributed by atoms with E-state index in [0.29, 0.717) is 0 Å². The van der Waals surface area contributed by atoms with E-state index in [4.69, 9.17) is 0 Å². The van der Waals surface area contributed by atoms with Gasteiger partial charge in [-0.25, -0.2) is 0 Å². The maximum Gasteiger partial charge on any atom is 0.0380 e. The van der Waals surface area contributed by atoms with Crippen LogP contribution in [0.5, 0.6) is 0 Å². The van der Waals surface area contributed by atoms with E-state index in [-0.39, 0.29) is 0 Å². The number of nitrogens with zero attached hydrogens (tertiary/aromatic N) is 1. The van der Waals surface area contributed by atoms with Gasteiger partial charge in [0.25, 0.3) is 0 Å². The number of hydrogen-bond donors (Lipinski definition) is 0. The van der Waals surface area contributed by atoms with Gasteiger partial charge in [-0.05, 0) is 37.1 Å². The Morgan fingerprint density at radius 2 is 1.94 bits per heavy atom. The molecular weight excluding hydrogens is 206 g/mol. The Kier molecular flexibility index (Phi) is 3.29. The van der Waals surface area contributed by atoms with Crippen molar-refractivity contribution in [3.63, 3.8) is 0 Å². The molecule has 86 valence electrons. The van der Waals surface area contributed by atoms with E-state index in [1.54, 1.807) is 0 Å². The fourth-order valence-electron chi connectivity index (χ4n) is 1.84. The highest BCUT2D eigenvalue weighted by molar-refractivity contribution is 5.64. The average Bonchev–Trinajstić information content (AvgIpc) is 2.35. The molecule has 1 nitrogen and oxygen atoms in total. The van der Waals surface area contributed by atoms with Crippen molar-refractivity contribution < 1.29 is 0 Å². The van der Waals surface area contributed by atoms with Gasteiger partial charge in [-0.1, -0.05) is 43.0 Å². The van der Waals surface area contributed by atoms with Crippen LogP contribution in [-0.4, -0.2) is 4.90 Å². The highest BCUT2D eigenvalue weighted by Gasteiger charge is 2.08. The van der Waals surface area contributed by atoms with E-state index in [1.165, 1.54) is 16.8 Å². The van der Waals surface area contributed by atoms with Crippen LogP contribution in [0, 0.1) is 0 Å². The lowest BCUT2D eigenvalue weighted by atomic mass is 10.1. The minimum Gasteiger partial charge on any atom is -0.322 e. The van der Waals surface area contributed by atoms with E-state index in [9.17, 15) is 0 Å². The van der Waals surface area contributed by atoms with Crippen LogP contribution in [0.2, 0.25) is 0 Å². The van der Waals surface area contributed by atoms with Crippen molar-refractivity contribution in [1.29, 1.82) is 0 Å². The predicted molar refractivity (Wildman–Crippen MR) is 74.0 cm³/mol. The van der Waals surface area contributed by atoms with Gasteiger partial charge in [-0.3, -0.25) is 0 Å². The lowest BCUT2D eigenvalue weighted by Gasteiger charge is -2.25. The van der Waals surface area contributed by atoms with Crippen LogP contribution >= 0.6 is 0 Å². The molecule has 0 saturated carbocycles. The molecule has 0 aliphatic carbocycles. The van der Waals surface area contributed by atoms with Crippen LogP contribution in [0.4, 0.5) is 0 Å². The Labute approximate surface area is 103 Å². The van der Waals surface area contributed by atoms with Gasteiger partial charge in [0.2, 0.25) is 0 Å². The third-order valence-electron chi connectivity index (χ3n) is 2.87. The first-order valence-electron chi connectivity index (χ1n) is 5.75. The van der Waals surface area contributed by atoms with E-state index in [1.807, 2.05) is 18.2 Å². The summed E-state index contributed by atoms with van der Waals surface area (Å²) < 4.78 is 0. The topological polar surface area (TPSA) is 3.24 Å². The van der Waals surface area contributed by atoms with Crippen LogP contribution < -0.4 is 0 Å². The Bertz CT molecular complexity index is 504. The second-order valence-electron chi connectivity index (χ2n) is 4.21. The molecule has 1 aromatic rings. The van der Waals surface area contributed by atoms with Gasteiger partial charge in [0.05, 0.1) is 0 Å². The summed E-state index contributed by atoms with van der Waals surface area (Å²) in [4.78, 5) is 2.11. The molecule has 0 radical (unpaired) electrons. The van der Waals surface area contributed by atoms with E-state index >= 15 is 0 Å². The summed E-state index contributed by atoms with van der Waals surface area (Å²) in [6.45, 7) is 8.25. The van der Waals surface area contributed by atoms with Crippen molar-refractivity contribution >= 4 is 5.57 Å². The lowest BCUT2D eigenvalue weighted by Crippen LogP contribution is -2.14. The maximum absolute atomic E-state index is 4.05. The molecule has 1 heterocycles. The second kappa shape index (κ2) is 4.88. The van der Waals surface area contributed by atoms with Crippen molar-refractivity contribution in [1.82, 2.24) is 4.90 Å². The SMILES string of the molecule is C=C1C=CC=C(C)N1/C=C(\C)c1ccccc1. The van der Waals surface area contributed by atoms with Crippen molar-refractivity contribution in [2.24, 2.45) is 0 Å². The smallest absolute Gasteiger partial charge is 0.0380 e. The molecule has 1 heteroatoms. The highest BCUT2D eigenvalue weighted by Crippen LogP contribution is 2.22. The van der Waals surface area contributed by atoms with Gasteiger partial charge in [0.1, 0.15) is 0 Å². The van der Waals surface area contributed by atoms with Crippen LogP contribution in [0.25, 0.3) is 5.57 Å². The van der Waals surface area contributed by atoms with Crippen molar-refractivity contribution in [2.45, 2.75) is 13.8 Å². The molecule has 0 unspecified atom stereocenters. The van der Waals surface area contributed by atoms with Gasteiger partial charge >= 0.3 is 0 Å². The first-order chi connectivity index (χ1) is 8.18. The highest BCUT2D eigenvalue weighted by atomic mass is 15.1. The monoisotopic (exact) mass is 223 g/mol. The zero-order chi connectivity index (χ0) is 12.3. The summed E-state index contributed by atoms with van der Waals surface area (Å²) in [5.41, 5.74) is 4.66. The molecule has 2 rings (SSSR count). The van der Waals surface area contributed by atoms with Gasteiger partial charge in [0, 0.05) is 17.6 Å². The lowest BCUT2D eigenvalue weighted by molar-refractivity contribution is 0.592. The summed E-state index contributed by atoms with van der Waals surface area (Å²) in [6, 6.07) is 10.4. The van der Waals surface area contributed by atoms with Gasteiger partial charge < -0.3 is 4.90 Å². The van der Waals surface area contributed by atoms with Crippen molar-refractivity contribution in [2.75, 3.05) is 0 Å². The first-order valence-corrected chi connectivity index (χ1v) is 5.75. The number of hydrogen-bond acceptors (Lipinski definition) is 1. The molecule has 0 saturated heterocycles. The summed E-state index contributed by atoms with van der Waals surface area (Å²) in [5.74, 6) is 0. The fraction of sp³-hybridized carbons (Fsp3) is 0.125. The largest absolute Gasteiger partial charge is 0.322 e. The Hall–Kier alpha value is -2.02. The molecule has 1 aromatic carbocycles. The average molecular weight is 223 g/mol. The number of benzene rings is 1. The molecule has 1 aliphatic heterocycles. The standard InChI is InChI=1S/C16H17N/c1-13(16-10-5-4-6-11-16)12-17-14(2)8-7-9-15(17)3/h4-12H,2H2,1,3H3/b13-12+. The van der Waals surface area contributed by atoms with Gasteiger partial charge in [-0.2, -0.15) is 0 Å². The summed E-state index contributed by atoms with van der Waals surface area (Å²) >= 11 is 0. The Morgan fingerprint density at radius 3 is 2.59 bits per heavy atom. The zero-order valence-electron chi connectivity index (χ0n) is 10.4. The third kappa shape index (κ3) is 2.56. The van der Waals surface area contributed by atoms with E-state index in [0.717, 1.165) is 5.70 Å². The van der Waals surface area contributed by atoms with Crippen LogP contribution in [-0.2, 0) is 0 Å². The van der Waals surface area contributed by atoms with Crippen LogP contribution in [0.1, 0.15) is 19.4 Å². The molecule has 0 amide bonds. The molecule has 0 fully saturated rings. The van der Waals surface area contributed by atoms with E-state index in [2.05, 4.69) is 61.9 Å². The molecule has 0 bridgehead atoms. The normalized spacial score (nSPS) is 16.1. The van der Waals surface area contributed by atoms with Crippen molar-refractivity contribution in [3.8, 4) is 0 Å². The zero-order valence-corrected chi connectivity index (χ0v) is 10.4. The van der Waals surface area contributed by atoms with Gasteiger partial charge in [0.15, 0.2) is 0 Å². The summed E-state index contributed by atoms with van der Waals surface area (Å²) in [7, 11) is 0.